The van der Waals surface area contributed by atoms with Crippen molar-refractivity contribution in [3.05, 3.63) is 0 Å². The molecule has 0 bridgehead atoms. The Morgan fingerprint density at radius 3 is 2.57 bits per heavy atom. The van der Waals surface area contributed by atoms with Crippen LogP contribution < -0.4 is 10.9 Å². The van der Waals surface area contributed by atoms with E-state index < -0.39 is 0 Å². The highest BCUT2D eigenvalue weighted by molar-refractivity contribution is 5.90. The number of piperidine rings is 1. The molecule has 5 nitrogen and oxygen atoms in total. The molecule has 5 heteroatoms. The topological polar surface area (TPSA) is 61.4 Å². The summed E-state index contributed by atoms with van der Waals surface area (Å²) in [6.07, 6.45) is 3.65. The Morgan fingerprint density at radius 1 is 1.29 bits per heavy atom. The molecule has 0 aliphatic carbocycles. The zero-order chi connectivity index (χ0) is 9.97. The number of likely N-dealkylation sites (tertiary alicyclic amines) is 1. The summed E-state index contributed by atoms with van der Waals surface area (Å²) in [4.78, 5) is 24.6. The van der Waals surface area contributed by atoms with Crippen LogP contribution in [0.1, 0.15) is 25.7 Å². The van der Waals surface area contributed by atoms with E-state index in [-0.39, 0.29) is 24.3 Å². The van der Waals surface area contributed by atoms with Gasteiger partial charge in [-0.2, -0.15) is 0 Å². The van der Waals surface area contributed by atoms with Gasteiger partial charge in [0, 0.05) is 13.1 Å². The summed E-state index contributed by atoms with van der Waals surface area (Å²) < 4.78 is 0. The molecule has 1 unspecified atom stereocenters. The molecule has 78 valence electrons. The fraction of sp³-hybridized carbons (Fsp3) is 0.778. The van der Waals surface area contributed by atoms with E-state index in [2.05, 4.69) is 10.9 Å². The highest BCUT2D eigenvalue weighted by Gasteiger charge is 2.31. The maximum absolute atomic E-state index is 11.8. The molecule has 0 saturated carbocycles. The van der Waals surface area contributed by atoms with Crippen molar-refractivity contribution < 1.29 is 9.59 Å². The van der Waals surface area contributed by atoms with Crippen LogP contribution in [0.4, 0.5) is 0 Å². The molecule has 2 saturated heterocycles. The number of carbonyl (C=O) groups is 2. The van der Waals surface area contributed by atoms with Crippen molar-refractivity contribution in [2.75, 3.05) is 13.1 Å². The molecule has 0 aromatic rings. The molecule has 2 aliphatic heterocycles. The minimum atomic E-state index is -0.347. The molecule has 2 N–H and O–H groups in total. The van der Waals surface area contributed by atoms with Crippen LogP contribution in [0.2, 0.25) is 0 Å². The van der Waals surface area contributed by atoms with Gasteiger partial charge in [-0.1, -0.05) is 0 Å². The highest BCUT2D eigenvalue weighted by Crippen LogP contribution is 2.11. The van der Waals surface area contributed by atoms with Gasteiger partial charge in [0.05, 0.1) is 6.42 Å². The van der Waals surface area contributed by atoms with Gasteiger partial charge in [0.2, 0.25) is 11.8 Å². The molecule has 1 atom stereocenters. The van der Waals surface area contributed by atoms with E-state index in [1.165, 1.54) is 6.42 Å². The third kappa shape index (κ3) is 1.87. The Balaban J connectivity index is 1.90. The SMILES string of the molecule is O=C1CC(C(=O)N2CCCCC2)NN1. The Kier molecular flexibility index (Phi) is 2.67. The maximum Gasteiger partial charge on any atom is 0.242 e. The van der Waals surface area contributed by atoms with E-state index in [0.717, 1.165) is 25.9 Å². The summed E-state index contributed by atoms with van der Waals surface area (Å²) in [5.41, 5.74) is 5.17. The molecule has 0 aromatic carbocycles. The average molecular weight is 197 g/mol. The minimum Gasteiger partial charge on any atom is -0.341 e. The van der Waals surface area contributed by atoms with E-state index in [1.807, 2.05) is 4.90 Å². The summed E-state index contributed by atoms with van der Waals surface area (Å²) in [5.74, 6) is -0.0385. The van der Waals surface area contributed by atoms with E-state index >= 15 is 0 Å². The molecule has 2 rings (SSSR count). The third-order valence-electron chi connectivity index (χ3n) is 2.74. The number of hydrogen-bond acceptors (Lipinski definition) is 3. The minimum absolute atomic E-state index is 0.0584. The van der Waals surface area contributed by atoms with Gasteiger partial charge in [-0.25, -0.2) is 5.43 Å². The first-order chi connectivity index (χ1) is 6.77. The van der Waals surface area contributed by atoms with Gasteiger partial charge in [-0.05, 0) is 19.3 Å². The van der Waals surface area contributed by atoms with Crippen LogP contribution in [-0.2, 0) is 9.59 Å². The number of carbonyl (C=O) groups excluding carboxylic acids is 2. The lowest BCUT2D eigenvalue weighted by atomic mass is 10.1. The molecule has 0 spiro atoms. The summed E-state index contributed by atoms with van der Waals surface area (Å²) in [5, 5.41) is 0. The average Bonchev–Trinajstić information content (AvgIpc) is 2.65. The van der Waals surface area contributed by atoms with Gasteiger partial charge in [-0.15, -0.1) is 0 Å². The smallest absolute Gasteiger partial charge is 0.242 e. The zero-order valence-corrected chi connectivity index (χ0v) is 8.08. The first-order valence-electron chi connectivity index (χ1n) is 5.10. The lowest BCUT2D eigenvalue weighted by Crippen LogP contribution is -2.47. The van der Waals surface area contributed by atoms with Gasteiger partial charge in [0.25, 0.3) is 0 Å². The van der Waals surface area contributed by atoms with Gasteiger partial charge < -0.3 is 4.90 Å². The third-order valence-corrected chi connectivity index (χ3v) is 2.74. The number of hydrazine groups is 1. The van der Waals surface area contributed by atoms with Gasteiger partial charge in [0.1, 0.15) is 6.04 Å². The monoisotopic (exact) mass is 197 g/mol. The van der Waals surface area contributed by atoms with E-state index in [1.54, 1.807) is 0 Å². The number of amides is 2. The second-order valence-corrected chi connectivity index (χ2v) is 3.84. The molecule has 0 aromatic heterocycles. The van der Waals surface area contributed by atoms with Crippen molar-refractivity contribution >= 4 is 11.8 Å². The van der Waals surface area contributed by atoms with Crippen molar-refractivity contribution in [1.29, 1.82) is 0 Å². The van der Waals surface area contributed by atoms with Gasteiger partial charge in [0.15, 0.2) is 0 Å². The van der Waals surface area contributed by atoms with Crippen LogP contribution in [-0.4, -0.2) is 35.8 Å². The quantitative estimate of drug-likeness (QED) is 0.589. The normalized spacial score (nSPS) is 27.6. The summed E-state index contributed by atoms with van der Waals surface area (Å²) in [6.45, 7) is 1.68. The number of nitrogens with one attached hydrogen (secondary N) is 2. The Labute approximate surface area is 82.8 Å². The van der Waals surface area contributed by atoms with Crippen molar-refractivity contribution in [1.82, 2.24) is 15.8 Å². The van der Waals surface area contributed by atoms with Crippen LogP contribution in [0.25, 0.3) is 0 Å². The Morgan fingerprint density at radius 2 is 2.00 bits per heavy atom. The van der Waals surface area contributed by atoms with Gasteiger partial charge in [-0.3, -0.25) is 15.0 Å². The molecule has 2 heterocycles. The van der Waals surface area contributed by atoms with E-state index in [9.17, 15) is 9.59 Å². The predicted octanol–water partition coefficient (Wildman–Crippen LogP) is -0.608. The van der Waals surface area contributed by atoms with Crippen molar-refractivity contribution in [3.8, 4) is 0 Å². The number of rotatable bonds is 1. The van der Waals surface area contributed by atoms with Crippen LogP contribution in [0.15, 0.2) is 0 Å². The molecule has 2 fully saturated rings. The van der Waals surface area contributed by atoms with Gasteiger partial charge >= 0.3 is 0 Å². The molecule has 0 radical (unpaired) electrons. The van der Waals surface area contributed by atoms with Crippen molar-refractivity contribution in [2.45, 2.75) is 31.7 Å². The Hall–Kier alpha value is -1.10. The summed E-state index contributed by atoms with van der Waals surface area (Å²) in [6, 6.07) is -0.347. The molecular weight excluding hydrogens is 182 g/mol. The van der Waals surface area contributed by atoms with Crippen LogP contribution in [0, 0.1) is 0 Å². The molecule has 2 amide bonds. The molecule has 14 heavy (non-hydrogen) atoms. The summed E-state index contributed by atoms with van der Waals surface area (Å²) >= 11 is 0. The fourth-order valence-corrected chi connectivity index (χ4v) is 1.94. The predicted molar refractivity (Wildman–Crippen MR) is 50.1 cm³/mol. The fourth-order valence-electron chi connectivity index (χ4n) is 1.94. The largest absolute Gasteiger partial charge is 0.341 e. The van der Waals surface area contributed by atoms with E-state index in [0.29, 0.717) is 0 Å². The standard InChI is InChI=1S/C9H15N3O2/c13-8-6-7(10-11-8)9(14)12-4-2-1-3-5-12/h7,10H,1-6H2,(H,11,13). The lowest BCUT2D eigenvalue weighted by Gasteiger charge is -2.28. The van der Waals surface area contributed by atoms with E-state index in [4.69, 9.17) is 0 Å². The van der Waals surface area contributed by atoms with Crippen LogP contribution >= 0.6 is 0 Å². The zero-order valence-electron chi connectivity index (χ0n) is 8.08. The summed E-state index contributed by atoms with van der Waals surface area (Å²) in [7, 11) is 0. The second-order valence-electron chi connectivity index (χ2n) is 3.84. The molecule has 2 aliphatic rings. The lowest BCUT2D eigenvalue weighted by molar-refractivity contribution is -0.134. The Bertz CT molecular complexity index is 248. The molecular formula is C9H15N3O2. The maximum atomic E-state index is 11.8. The highest BCUT2D eigenvalue weighted by atomic mass is 16.2. The first-order valence-corrected chi connectivity index (χ1v) is 5.10. The van der Waals surface area contributed by atoms with Crippen molar-refractivity contribution in [3.63, 3.8) is 0 Å². The van der Waals surface area contributed by atoms with Crippen LogP contribution in [0.3, 0.4) is 0 Å². The first kappa shape index (κ1) is 9.45. The number of hydrogen-bond donors (Lipinski definition) is 2. The number of nitrogens with zero attached hydrogens (tertiary/aromatic N) is 1. The van der Waals surface area contributed by atoms with Crippen LogP contribution in [0.5, 0.6) is 0 Å². The second kappa shape index (κ2) is 3.96. The van der Waals surface area contributed by atoms with Crippen molar-refractivity contribution in [2.24, 2.45) is 0 Å².